The first-order chi connectivity index (χ1) is 9.61. The number of nitrogens with two attached hydrogens (primary N) is 1. The molecule has 0 unspecified atom stereocenters. The van der Waals surface area contributed by atoms with Gasteiger partial charge in [-0.3, -0.25) is 0 Å². The van der Waals surface area contributed by atoms with Gasteiger partial charge in [-0.1, -0.05) is 18.2 Å². The summed E-state index contributed by atoms with van der Waals surface area (Å²) in [6, 6.07) is 11.5. The SMILES string of the molecule is Cc1cc(CCN)ccc1N(Cc1cccs1)C(C)C. The van der Waals surface area contributed by atoms with Gasteiger partial charge >= 0.3 is 0 Å². The van der Waals surface area contributed by atoms with E-state index in [0.717, 1.165) is 13.0 Å². The Hall–Kier alpha value is -1.32. The highest BCUT2D eigenvalue weighted by Crippen LogP contribution is 2.26. The molecule has 0 radical (unpaired) electrons. The van der Waals surface area contributed by atoms with Gasteiger partial charge in [0.15, 0.2) is 0 Å². The van der Waals surface area contributed by atoms with Crippen molar-refractivity contribution in [1.82, 2.24) is 0 Å². The summed E-state index contributed by atoms with van der Waals surface area (Å²) in [7, 11) is 0. The number of anilines is 1. The Labute approximate surface area is 126 Å². The Morgan fingerprint density at radius 1 is 1.25 bits per heavy atom. The van der Waals surface area contributed by atoms with E-state index in [0.29, 0.717) is 12.6 Å². The minimum atomic E-state index is 0.483. The molecule has 108 valence electrons. The molecular formula is C17H24N2S. The van der Waals surface area contributed by atoms with Crippen LogP contribution in [0.3, 0.4) is 0 Å². The molecule has 0 atom stereocenters. The minimum absolute atomic E-state index is 0.483. The van der Waals surface area contributed by atoms with E-state index in [9.17, 15) is 0 Å². The number of nitrogens with zero attached hydrogens (tertiary/aromatic N) is 1. The van der Waals surface area contributed by atoms with E-state index in [1.165, 1.54) is 21.7 Å². The Bertz CT molecular complexity index is 532. The van der Waals surface area contributed by atoms with Crippen LogP contribution in [0.25, 0.3) is 0 Å². The lowest BCUT2D eigenvalue weighted by molar-refractivity contribution is 0.685. The molecular weight excluding hydrogens is 264 g/mol. The maximum atomic E-state index is 5.64. The fraction of sp³-hybridized carbons (Fsp3) is 0.412. The van der Waals surface area contributed by atoms with Gasteiger partial charge in [-0.25, -0.2) is 0 Å². The zero-order valence-corrected chi connectivity index (χ0v) is 13.4. The average molecular weight is 288 g/mol. The quantitative estimate of drug-likeness (QED) is 0.871. The molecule has 2 nitrogen and oxygen atoms in total. The number of hydrogen-bond acceptors (Lipinski definition) is 3. The van der Waals surface area contributed by atoms with Crippen LogP contribution in [-0.4, -0.2) is 12.6 Å². The number of thiophene rings is 1. The normalized spacial score (nSPS) is 11.1. The first kappa shape index (κ1) is 15.1. The van der Waals surface area contributed by atoms with Crippen molar-refractivity contribution >= 4 is 17.0 Å². The first-order valence-electron chi connectivity index (χ1n) is 7.20. The maximum absolute atomic E-state index is 5.64. The van der Waals surface area contributed by atoms with Crippen molar-refractivity contribution in [1.29, 1.82) is 0 Å². The van der Waals surface area contributed by atoms with Crippen LogP contribution in [0, 0.1) is 6.92 Å². The minimum Gasteiger partial charge on any atom is -0.364 e. The lowest BCUT2D eigenvalue weighted by atomic mass is 10.1. The summed E-state index contributed by atoms with van der Waals surface area (Å²) in [5, 5.41) is 2.14. The third kappa shape index (κ3) is 3.62. The number of aryl methyl sites for hydroxylation is 1. The molecule has 1 aromatic heterocycles. The Kier molecular flexibility index (Phi) is 5.21. The van der Waals surface area contributed by atoms with Crippen LogP contribution in [0.2, 0.25) is 0 Å². The van der Waals surface area contributed by atoms with Crippen molar-refractivity contribution in [2.24, 2.45) is 5.73 Å². The highest BCUT2D eigenvalue weighted by Gasteiger charge is 2.14. The molecule has 0 spiro atoms. The molecule has 1 aromatic carbocycles. The van der Waals surface area contributed by atoms with Crippen LogP contribution in [0.4, 0.5) is 5.69 Å². The van der Waals surface area contributed by atoms with Gasteiger partial charge in [-0.2, -0.15) is 0 Å². The van der Waals surface area contributed by atoms with E-state index in [-0.39, 0.29) is 0 Å². The average Bonchev–Trinajstić information content (AvgIpc) is 2.90. The summed E-state index contributed by atoms with van der Waals surface area (Å²) in [5.74, 6) is 0. The number of rotatable bonds is 6. The fourth-order valence-electron chi connectivity index (χ4n) is 2.48. The van der Waals surface area contributed by atoms with E-state index in [1.807, 2.05) is 11.3 Å². The second-order valence-electron chi connectivity index (χ2n) is 5.46. The van der Waals surface area contributed by atoms with Crippen LogP contribution in [0.1, 0.15) is 29.9 Å². The van der Waals surface area contributed by atoms with Crippen LogP contribution >= 0.6 is 11.3 Å². The van der Waals surface area contributed by atoms with Crippen molar-refractivity contribution in [3.8, 4) is 0 Å². The lowest BCUT2D eigenvalue weighted by Crippen LogP contribution is -2.30. The highest BCUT2D eigenvalue weighted by atomic mass is 32.1. The van der Waals surface area contributed by atoms with E-state index < -0.39 is 0 Å². The van der Waals surface area contributed by atoms with E-state index >= 15 is 0 Å². The first-order valence-corrected chi connectivity index (χ1v) is 8.08. The van der Waals surface area contributed by atoms with E-state index in [2.05, 4.69) is 61.4 Å². The van der Waals surface area contributed by atoms with Gasteiger partial charge in [0, 0.05) is 16.6 Å². The number of benzene rings is 1. The molecule has 0 bridgehead atoms. The molecule has 2 aromatic rings. The molecule has 0 aliphatic rings. The Balaban J connectivity index is 2.25. The van der Waals surface area contributed by atoms with Crippen LogP contribution in [0.15, 0.2) is 35.7 Å². The highest BCUT2D eigenvalue weighted by molar-refractivity contribution is 7.09. The van der Waals surface area contributed by atoms with Crippen molar-refractivity contribution in [2.45, 2.75) is 39.8 Å². The smallest absolute Gasteiger partial charge is 0.0525 e. The third-order valence-corrected chi connectivity index (χ3v) is 4.39. The summed E-state index contributed by atoms with van der Waals surface area (Å²) >= 11 is 1.82. The second kappa shape index (κ2) is 6.91. The summed E-state index contributed by atoms with van der Waals surface area (Å²) in [6.45, 7) is 8.38. The molecule has 0 fully saturated rings. The molecule has 1 heterocycles. The zero-order valence-electron chi connectivity index (χ0n) is 12.6. The Morgan fingerprint density at radius 3 is 2.60 bits per heavy atom. The monoisotopic (exact) mass is 288 g/mol. The van der Waals surface area contributed by atoms with Gasteiger partial charge < -0.3 is 10.6 Å². The molecule has 2 N–H and O–H groups in total. The summed E-state index contributed by atoms with van der Waals surface area (Å²) in [6.07, 6.45) is 0.952. The predicted octanol–water partition coefficient (Wildman–Crippen LogP) is 3.97. The molecule has 0 saturated heterocycles. The van der Waals surface area contributed by atoms with Gasteiger partial charge in [0.05, 0.1) is 6.54 Å². The molecule has 0 aliphatic heterocycles. The van der Waals surface area contributed by atoms with Crippen molar-refractivity contribution in [3.63, 3.8) is 0 Å². The standard InChI is InChI=1S/C17H24N2S/c1-13(2)19(12-16-5-4-10-20-16)17-7-6-15(8-9-18)11-14(17)3/h4-7,10-11,13H,8-9,12,18H2,1-3H3. The van der Waals surface area contributed by atoms with Crippen LogP contribution < -0.4 is 10.6 Å². The molecule has 20 heavy (non-hydrogen) atoms. The predicted molar refractivity (Wildman–Crippen MR) is 89.6 cm³/mol. The molecule has 0 aliphatic carbocycles. The van der Waals surface area contributed by atoms with Crippen molar-refractivity contribution in [3.05, 3.63) is 51.7 Å². The zero-order chi connectivity index (χ0) is 14.5. The van der Waals surface area contributed by atoms with Crippen molar-refractivity contribution in [2.75, 3.05) is 11.4 Å². The van der Waals surface area contributed by atoms with E-state index in [4.69, 9.17) is 5.73 Å². The summed E-state index contributed by atoms with van der Waals surface area (Å²) in [5.41, 5.74) is 9.63. The summed E-state index contributed by atoms with van der Waals surface area (Å²) in [4.78, 5) is 3.87. The van der Waals surface area contributed by atoms with Crippen LogP contribution in [-0.2, 0) is 13.0 Å². The lowest BCUT2D eigenvalue weighted by Gasteiger charge is -2.30. The molecule has 3 heteroatoms. The largest absolute Gasteiger partial charge is 0.364 e. The number of hydrogen-bond donors (Lipinski definition) is 1. The second-order valence-corrected chi connectivity index (χ2v) is 6.49. The van der Waals surface area contributed by atoms with Gasteiger partial charge in [0.1, 0.15) is 0 Å². The van der Waals surface area contributed by atoms with Gasteiger partial charge in [0.2, 0.25) is 0 Å². The van der Waals surface area contributed by atoms with Gasteiger partial charge in [0.25, 0.3) is 0 Å². The third-order valence-electron chi connectivity index (χ3n) is 3.53. The molecule has 2 rings (SSSR count). The van der Waals surface area contributed by atoms with E-state index in [1.54, 1.807) is 0 Å². The van der Waals surface area contributed by atoms with Crippen molar-refractivity contribution < 1.29 is 0 Å². The van der Waals surface area contributed by atoms with Crippen LogP contribution in [0.5, 0.6) is 0 Å². The Morgan fingerprint density at radius 2 is 2.05 bits per heavy atom. The summed E-state index contributed by atoms with van der Waals surface area (Å²) < 4.78 is 0. The van der Waals surface area contributed by atoms with Gasteiger partial charge in [-0.05, 0) is 62.4 Å². The topological polar surface area (TPSA) is 29.3 Å². The fourth-order valence-corrected chi connectivity index (χ4v) is 3.18. The molecule has 0 saturated carbocycles. The molecule has 0 amide bonds. The van der Waals surface area contributed by atoms with Gasteiger partial charge in [-0.15, -0.1) is 11.3 Å². The maximum Gasteiger partial charge on any atom is 0.0525 e.